The molecule has 2 rings (SSSR count). The summed E-state index contributed by atoms with van der Waals surface area (Å²) in [6, 6.07) is 4.14. The lowest BCUT2D eigenvalue weighted by atomic mass is 9.93. The van der Waals surface area contributed by atoms with Crippen molar-refractivity contribution in [3.63, 3.8) is 0 Å². The predicted molar refractivity (Wildman–Crippen MR) is 67.8 cm³/mol. The minimum atomic E-state index is -0.194. The minimum absolute atomic E-state index is 0.194. The standard InChI is InChI=1S/C14H23NO2/c1-3-13-6-7-14(17-13)10-15-8-4-5-12(9-15)11(2)16/h6-7,11-12,16H,3-5,8-10H2,1-2H3/t11-,12-/m0/s1. The first kappa shape index (κ1) is 12.7. The van der Waals surface area contributed by atoms with Gasteiger partial charge in [0.2, 0.25) is 0 Å². The number of aliphatic hydroxyl groups is 1. The van der Waals surface area contributed by atoms with Crippen molar-refractivity contribution in [2.75, 3.05) is 13.1 Å². The maximum atomic E-state index is 9.65. The van der Waals surface area contributed by atoms with Crippen molar-refractivity contribution in [1.82, 2.24) is 4.90 Å². The van der Waals surface area contributed by atoms with E-state index in [9.17, 15) is 5.11 Å². The van der Waals surface area contributed by atoms with E-state index in [1.165, 1.54) is 6.42 Å². The molecule has 2 atom stereocenters. The van der Waals surface area contributed by atoms with E-state index < -0.39 is 0 Å². The van der Waals surface area contributed by atoms with E-state index in [0.717, 1.165) is 44.0 Å². The molecule has 1 aliphatic rings. The van der Waals surface area contributed by atoms with Crippen molar-refractivity contribution in [2.45, 2.75) is 45.8 Å². The molecule has 0 aliphatic carbocycles. The van der Waals surface area contributed by atoms with Gasteiger partial charge in [-0.2, -0.15) is 0 Å². The Morgan fingerprint density at radius 2 is 2.24 bits per heavy atom. The third kappa shape index (κ3) is 3.33. The lowest BCUT2D eigenvalue weighted by Crippen LogP contribution is -2.38. The molecular weight excluding hydrogens is 214 g/mol. The molecule has 0 radical (unpaired) electrons. The number of furan rings is 1. The van der Waals surface area contributed by atoms with Gasteiger partial charge in [-0.15, -0.1) is 0 Å². The highest BCUT2D eigenvalue weighted by atomic mass is 16.3. The van der Waals surface area contributed by atoms with Crippen LogP contribution in [-0.2, 0) is 13.0 Å². The van der Waals surface area contributed by atoms with E-state index in [0.29, 0.717) is 5.92 Å². The van der Waals surface area contributed by atoms with Crippen LogP contribution in [-0.4, -0.2) is 29.2 Å². The molecule has 1 aromatic heterocycles. The molecule has 17 heavy (non-hydrogen) atoms. The zero-order valence-electron chi connectivity index (χ0n) is 10.9. The Morgan fingerprint density at radius 3 is 2.88 bits per heavy atom. The molecule has 0 saturated carbocycles. The van der Waals surface area contributed by atoms with Gasteiger partial charge in [0.05, 0.1) is 12.6 Å². The van der Waals surface area contributed by atoms with Crippen LogP contribution in [0.5, 0.6) is 0 Å². The van der Waals surface area contributed by atoms with Crippen LogP contribution in [0.3, 0.4) is 0 Å². The molecule has 3 nitrogen and oxygen atoms in total. The summed E-state index contributed by atoms with van der Waals surface area (Å²) in [6.07, 6.45) is 3.08. The van der Waals surface area contributed by atoms with Gasteiger partial charge in [0.1, 0.15) is 11.5 Å². The average Bonchev–Trinajstić information content (AvgIpc) is 2.77. The van der Waals surface area contributed by atoms with Crippen molar-refractivity contribution in [2.24, 2.45) is 5.92 Å². The fourth-order valence-corrected chi connectivity index (χ4v) is 2.55. The normalized spacial score (nSPS) is 23.8. The maximum Gasteiger partial charge on any atom is 0.118 e. The van der Waals surface area contributed by atoms with Gasteiger partial charge in [-0.25, -0.2) is 0 Å². The number of aryl methyl sites for hydroxylation is 1. The maximum absolute atomic E-state index is 9.65. The highest BCUT2D eigenvalue weighted by Crippen LogP contribution is 2.21. The van der Waals surface area contributed by atoms with E-state index in [-0.39, 0.29) is 6.10 Å². The Morgan fingerprint density at radius 1 is 1.47 bits per heavy atom. The number of nitrogens with zero attached hydrogens (tertiary/aromatic N) is 1. The molecule has 0 spiro atoms. The Labute approximate surface area is 103 Å². The van der Waals surface area contributed by atoms with E-state index >= 15 is 0 Å². The summed E-state index contributed by atoms with van der Waals surface area (Å²) >= 11 is 0. The van der Waals surface area contributed by atoms with Gasteiger partial charge < -0.3 is 9.52 Å². The predicted octanol–water partition coefficient (Wildman–Crippen LogP) is 2.43. The molecule has 3 heteroatoms. The molecule has 0 amide bonds. The summed E-state index contributed by atoms with van der Waals surface area (Å²) in [7, 11) is 0. The first-order valence-electron chi connectivity index (χ1n) is 6.67. The highest BCUT2D eigenvalue weighted by molar-refractivity contribution is 5.07. The molecule has 96 valence electrons. The second kappa shape index (κ2) is 5.69. The summed E-state index contributed by atoms with van der Waals surface area (Å²) in [4.78, 5) is 2.39. The third-order valence-corrected chi connectivity index (χ3v) is 3.67. The van der Waals surface area contributed by atoms with Crippen LogP contribution < -0.4 is 0 Å². The van der Waals surface area contributed by atoms with Crippen molar-refractivity contribution < 1.29 is 9.52 Å². The van der Waals surface area contributed by atoms with Gasteiger partial charge in [0, 0.05) is 13.0 Å². The fourth-order valence-electron chi connectivity index (χ4n) is 2.55. The van der Waals surface area contributed by atoms with E-state index in [4.69, 9.17) is 4.42 Å². The summed E-state index contributed by atoms with van der Waals surface area (Å²) in [6.45, 7) is 6.98. The molecule has 2 heterocycles. The van der Waals surface area contributed by atoms with E-state index in [1.54, 1.807) is 0 Å². The van der Waals surface area contributed by atoms with Gasteiger partial charge in [-0.1, -0.05) is 6.92 Å². The van der Waals surface area contributed by atoms with Gasteiger partial charge >= 0.3 is 0 Å². The smallest absolute Gasteiger partial charge is 0.118 e. The summed E-state index contributed by atoms with van der Waals surface area (Å²) in [5, 5.41) is 9.65. The Bertz CT molecular complexity index is 346. The zero-order valence-corrected chi connectivity index (χ0v) is 10.9. The van der Waals surface area contributed by atoms with Gasteiger partial charge in [0.25, 0.3) is 0 Å². The van der Waals surface area contributed by atoms with Crippen LogP contribution in [0.2, 0.25) is 0 Å². The van der Waals surface area contributed by atoms with Crippen LogP contribution in [0, 0.1) is 5.92 Å². The third-order valence-electron chi connectivity index (χ3n) is 3.67. The van der Waals surface area contributed by atoms with Crippen LogP contribution >= 0.6 is 0 Å². The minimum Gasteiger partial charge on any atom is -0.465 e. The average molecular weight is 237 g/mol. The van der Waals surface area contributed by atoms with Crippen molar-refractivity contribution >= 4 is 0 Å². The van der Waals surface area contributed by atoms with Gasteiger partial charge in [0.15, 0.2) is 0 Å². The topological polar surface area (TPSA) is 36.6 Å². The summed E-state index contributed by atoms with van der Waals surface area (Å²) in [5.74, 6) is 2.53. The van der Waals surface area contributed by atoms with Crippen LogP contribution in [0.4, 0.5) is 0 Å². The fraction of sp³-hybridized carbons (Fsp3) is 0.714. The Balaban J connectivity index is 1.90. The molecule has 1 aromatic rings. The summed E-state index contributed by atoms with van der Waals surface area (Å²) < 4.78 is 5.73. The van der Waals surface area contributed by atoms with Crippen molar-refractivity contribution in [1.29, 1.82) is 0 Å². The first-order chi connectivity index (χ1) is 8.19. The second-order valence-corrected chi connectivity index (χ2v) is 5.10. The monoisotopic (exact) mass is 237 g/mol. The first-order valence-corrected chi connectivity index (χ1v) is 6.67. The number of hydrogen-bond donors (Lipinski definition) is 1. The molecule has 1 fully saturated rings. The molecule has 0 bridgehead atoms. The lowest BCUT2D eigenvalue weighted by Gasteiger charge is -2.33. The SMILES string of the molecule is CCc1ccc(CN2CCC[C@H]([C@H](C)O)C2)o1. The number of rotatable bonds is 4. The van der Waals surface area contributed by atoms with Crippen molar-refractivity contribution in [3.8, 4) is 0 Å². The van der Waals surface area contributed by atoms with Gasteiger partial charge in [-0.05, 0) is 44.4 Å². The number of aliphatic hydroxyl groups excluding tert-OH is 1. The van der Waals surface area contributed by atoms with Crippen LogP contribution in [0.15, 0.2) is 16.5 Å². The molecule has 1 saturated heterocycles. The largest absolute Gasteiger partial charge is 0.465 e. The Kier molecular flexibility index (Phi) is 4.24. The number of piperidine rings is 1. The van der Waals surface area contributed by atoms with Crippen LogP contribution in [0.25, 0.3) is 0 Å². The van der Waals surface area contributed by atoms with Gasteiger partial charge in [-0.3, -0.25) is 4.90 Å². The highest BCUT2D eigenvalue weighted by Gasteiger charge is 2.23. The number of likely N-dealkylation sites (tertiary alicyclic amines) is 1. The van der Waals surface area contributed by atoms with E-state index in [1.807, 2.05) is 6.92 Å². The lowest BCUT2D eigenvalue weighted by molar-refractivity contribution is 0.0571. The number of hydrogen-bond acceptors (Lipinski definition) is 3. The molecule has 1 N–H and O–H groups in total. The molecule has 0 unspecified atom stereocenters. The molecule has 1 aliphatic heterocycles. The summed E-state index contributed by atoms with van der Waals surface area (Å²) in [5.41, 5.74) is 0. The van der Waals surface area contributed by atoms with Crippen LogP contribution in [0.1, 0.15) is 38.2 Å². The van der Waals surface area contributed by atoms with E-state index in [2.05, 4.69) is 24.0 Å². The molecular formula is C14H23NO2. The Hall–Kier alpha value is -0.800. The molecule has 0 aromatic carbocycles. The zero-order chi connectivity index (χ0) is 12.3. The second-order valence-electron chi connectivity index (χ2n) is 5.10. The van der Waals surface area contributed by atoms with Crippen molar-refractivity contribution in [3.05, 3.63) is 23.7 Å². The quantitative estimate of drug-likeness (QED) is 0.873.